The van der Waals surface area contributed by atoms with Crippen LogP contribution in [0.1, 0.15) is 28.8 Å². The van der Waals surface area contributed by atoms with E-state index in [1.54, 1.807) is 30.3 Å². The summed E-state index contributed by atoms with van der Waals surface area (Å²) in [7, 11) is -3.52. The Kier molecular flexibility index (Phi) is 8.44. The van der Waals surface area contributed by atoms with Crippen LogP contribution in [-0.4, -0.2) is 50.7 Å². The molecule has 1 aliphatic rings. The second-order valence-corrected chi connectivity index (χ2v) is 9.74. The lowest BCUT2D eigenvalue weighted by atomic mass is 9.97. The van der Waals surface area contributed by atoms with Crippen molar-refractivity contribution in [2.45, 2.75) is 12.8 Å². The molecule has 0 bridgehead atoms. The number of rotatable bonds is 8. The van der Waals surface area contributed by atoms with Crippen molar-refractivity contribution >= 4 is 39.5 Å². The van der Waals surface area contributed by atoms with Gasteiger partial charge in [-0.2, -0.15) is 4.31 Å². The fourth-order valence-corrected chi connectivity index (χ4v) is 4.74. The van der Waals surface area contributed by atoms with Crippen molar-refractivity contribution in [3.63, 3.8) is 0 Å². The third kappa shape index (κ3) is 6.91. The summed E-state index contributed by atoms with van der Waals surface area (Å²) in [4.78, 5) is 24.4. The zero-order valence-electron chi connectivity index (χ0n) is 17.5. The predicted octanol–water partition coefficient (Wildman–Crippen LogP) is 2.90. The first kappa shape index (κ1) is 24.0. The topological polar surface area (TPSA) is 95.6 Å². The van der Waals surface area contributed by atoms with Gasteiger partial charge in [0.05, 0.1) is 0 Å². The lowest BCUT2D eigenvalue weighted by Gasteiger charge is -2.29. The number of nitrogens with one attached hydrogen (secondary N) is 2. The average molecular weight is 476 g/mol. The maximum atomic E-state index is 12.5. The van der Waals surface area contributed by atoms with Crippen molar-refractivity contribution in [3.8, 4) is 0 Å². The number of hydrogen-bond acceptors (Lipinski definition) is 4. The van der Waals surface area contributed by atoms with Gasteiger partial charge in [-0.1, -0.05) is 41.9 Å². The quantitative estimate of drug-likeness (QED) is 0.574. The van der Waals surface area contributed by atoms with E-state index < -0.39 is 10.0 Å². The van der Waals surface area contributed by atoms with Crippen molar-refractivity contribution in [1.29, 1.82) is 0 Å². The summed E-state index contributed by atoms with van der Waals surface area (Å²) >= 11 is 5.81. The Morgan fingerprint density at radius 1 is 0.969 bits per heavy atom. The van der Waals surface area contributed by atoms with Crippen molar-refractivity contribution in [2.24, 2.45) is 5.92 Å². The fraction of sp³-hybridized carbons (Fsp3) is 0.304. The van der Waals surface area contributed by atoms with Gasteiger partial charge in [0.1, 0.15) is 0 Å². The van der Waals surface area contributed by atoms with Crippen LogP contribution in [0.15, 0.2) is 60.0 Å². The Morgan fingerprint density at radius 3 is 2.25 bits per heavy atom. The summed E-state index contributed by atoms with van der Waals surface area (Å²) in [5.41, 5.74) is 1.31. The minimum Gasteiger partial charge on any atom is -0.354 e. The van der Waals surface area contributed by atoms with Gasteiger partial charge in [-0.15, -0.1) is 0 Å². The highest BCUT2D eigenvalue weighted by molar-refractivity contribution is 7.92. The number of nitrogens with zero attached hydrogens (tertiary/aromatic N) is 1. The molecule has 0 spiro atoms. The SMILES string of the molecule is O=C(NCCNC(=O)C1CCN(S(=O)(=O)/C=C/c2ccccc2)CC1)c1ccc(Cl)cc1. The lowest BCUT2D eigenvalue weighted by molar-refractivity contribution is -0.126. The number of amides is 2. The summed E-state index contributed by atoms with van der Waals surface area (Å²) in [5, 5.41) is 7.32. The number of sulfonamides is 1. The van der Waals surface area contributed by atoms with Gasteiger partial charge in [0.25, 0.3) is 5.91 Å². The second-order valence-electron chi connectivity index (χ2n) is 7.49. The number of carbonyl (C=O) groups excluding carboxylic acids is 2. The van der Waals surface area contributed by atoms with Crippen molar-refractivity contribution < 1.29 is 18.0 Å². The van der Waals surface area contributed by atoms with E-state index in [2.05, 4.69) is 10.6 Å². The van der Waals surface area contributed by atoms with Gasteiger partial charge in [0, 0.05) is 48.1 Å². The van der Waals surface area contributed by atoms with Gasteiger partial charge >= 0.3 is 0 Å². The minimum atomic E-state index is -3.52. The van der Waals surface area contributed by atoms with Crippen molar-refractivity contribution in [3.05, 3.63) is 76.2 Å². The van der Waals surface area contributed by atoms with Gasteiger partial charge in [0.15, 0.2) is 0 Å². The summed E-state index contributed by atoms with van der Waals surface area (Å²) in [6, 6.07) is 15.8. The molecule has 32 heavy (non-hydrogen) atoms. The normalized spacial score (nSPS) is 15.5. The Bertz CT molecular complexity index is 1050. The summed E-state index contributed by atoms with van der Waals surface area (Å²) < 4.78 is 26.5. The van der Waals surface area contributed by atoms with Crippen LogP contribution in [0.2, 0.25) is 5.02 Å². The standard InChI is InChI=1S/C23H26ClN3O4S/c24-21-8-6-19(7-9-21)22(28)25-13-14-26-23(29)20-10-15-27(16-11-20)32(30,31)17-12-18-4-2-1-3-5-18/h1-9,12,17,20H,10-11,13-16H2,(H,25,28)(H,26,29)/b17-12+. The highest BCUT2D eigenvalue weighted by Gasteiger charge is 2.29. The molecule has 0 atom stereocenters. The second kappa shape index (κ2) is 11.3. The molecule has 1 heterocycles. The summed E-state index contributed by atoms with van der Waals surface area (Å²) in [6.07, 6.45) is 2.50. The molecular formula is C23H26ClN3O4S. The van der Waals surface area contributed by atoms with E-state index in [1.807, 2.05) is 30.3 Å². The molecule has 7 nitrogen and oxygen atoms in total. The Hall–Kier alpha value is -2.68. The van der Waals surface area contributed by atoms with Crippen LogP contribution >= 0.6 is 11.6 Å². The van der Waals surface area contributed by atoms with E-state index in [-0.39, 0.29) is 17.7 Å². The summed E-state index contributed by atoms with van der Waals surface area (Å²) in [5.74, 6) is -0.605. The van der Waals surface area contributed by atoms with E-state index in [0.717, 1.165) is 5.56 Å². The van der Waals surface area contributed by atoms with Gasteiger partial charge < -0.3 is 10.6 Å². The molecule has 2 amide bonds. The van der Waals surface area contributed by atoms with Crippen LogP contribution in [0.3, 0.4) is 0 Å². The first-order valence-corrected chi connectivity index (χ1v) is 12.3. The van der Waals surface area contributed by atoms with Crippen LogP contribution in [0.5, 0.6) is 0 Å². The van der Waals surface area contributed by atoms with Crippen molar-refractivity contribution in [2.75, 3.05) is 26.2 Å². The molecule has 2 N–H and O–H groups in total. The van der Waals surface area contributed by atoms with Crippen LogP contribution in [0.4, 0.5) is 0 Å². The van der Waals surface area contributed by atoms with Crippen LogP contribution in [0.25, 0.3) is 6.08 Å². The van der Waals surface area contributed by atoms with Crippen LogP contribution in [0, 0.1) is 5.92 Å². The molecule has 0 radical (unpaired) electrons. The van der Waals surface area contributed by atoms with E-state index in [1.165, 1.54) is 9.71 Å². The van der Waals surface area contributed by atoms with Gasteiger partial charge in [-0.3, -0.25) is 9.59 Å². The Labute approximate surface area is 193 Å². The molecule has 0 aliphatic carbocycles. The molecule has 2 aromatic carbocycles. The molecule has 0 unspecified atom stereocenters. The molecule has 0 aromatic heterocycles. The van der Waals surface area contributed by atoms with E-state index >= 15 is 0 Å². The fourth-order valence-electron chi connectivity index (χ4n) is 3.40. The smallest absolute Gasteiger partial charge is 0.251 e. The molecule has 9 heteroatoms. The molecular weight excluding hydrogens is 450 g/mol. The molecule has 1 saturated heterocycles. The number of carbonyl (C=O) groups is 2. The highest BCUT2D eigenvalue weighted by Crippen LogP contribution is 2.21. The van der Waals surface area contributed by atoms with Crippen LogP contribution in [-0.2, 0) is 14.8 Å². The Balaban J connectivity index is 1.39. The van der Waals surface area contributed by atoms with Gasteiger partial charge in [0.2, 0.25) is 15.9 Å². The monoisotopic (exact) mass is 475 g/mol. The number of halogens is 1. The van der Waals surface area contributed by atoms with E-state index in [9.17, 15) is 18.0 Å². The summed E-state index contributed by atoms with van der Waals surface area (Å²) in [6.45, 7) is 1.20. The number of benzene rings is 2. The molecule has 2 aromatic rings. The lowest BCUT2D eigenvalue weighted by Crippen LogP contribution is -2.43. The molecule has 0 saturated carbocycles. The third-order valence-electron chi connectivity index (χ3n) is 5.23. The minimum absolute atomic E-state index is 0.123. The van der Waals surface area contributed by atoms with Crippen LogP contribution < -0.4 is 10.6 Å². The number of piperidine rings is 1. The Morgan fingerprint density at radius 2 is 1.59 bits per heavy atom. The van der Waals surface area contributed by atoms with Gasteiger partial charge in [-0.25, -0.2) is 8.42 Å². The molecule has 1 aliphatic heterocycles. The first-order valence-electron chi connectivity index (χ1n) is 10.4. The molecule has 1 fully saturated rings. The van der Waals surface area contributed by atoms with E-state index in [0.29, 0.717) is 49.6 Å². The zero-order chi connectivity index (χ0) is 23.0. The van der Waals surface area contributed by atoms with Gasteiger partial charge in [-0.05, 0) is 48.7 Å². The maximum Gasteiger partial charge on any atom is 0.251 e. The predicted molar refractivity (Wildman–Crippen MR) is 125 cm³/mol. The number of hydrogen-bond donors (Lipinski definition) is 2. The maximum absolute atomic E-state index is 12.5. The highest BCUT2D eigenvalue weighted by atomic mass is 35.5. The van der Waals surface area contributed by atoms with Crippen molar-refractivity contribution in [1.82, 2.24) is 14.9 Å². The first-order chi connectivity index (χ1) is 15.3. The largest absolute Gasteiger partial charge is 0.354 e. The van der Waals surface area contributed by atoms with E-state index in [4.69, 9.17) is 11.6 Å². The third-order valence-corrected chi connectivity index (χ3v) is 7.05. The zero-order valence-corrected chi connectivity index (χ0v) is 19.1. The molecule has 3 rings (SSSR count). The molecule has 170 valence electrons. The average Bonchev–Trinajstić information content (AvgIpc) is 2.81.